The third kappa shape index (κ3) is 5.81. The lowest BCUT2D eigenvalue weighted by molar-refractivity contribution is -0.274. The molecule has 4 aromatic rings. The average Bonchev–Trinajstić information content (AvgIpc) is 3.48. The van der Waals surface area contributed by atoms with E-state index in [4.69, 9.17) is 9.15 Å². The number of rotatable bonds is 7. The van der Waals surface area contributed by atoms with Crippen LogP contribution in [0.15, 0.2) is 94.9 Å². The Morgan fingerprint density at radius 3 is 2.27 bits per heavy atom. The quantitative estimate of drug-likeness (QED) is 0.148. The van der Waals surface area contributed by atoms with Crippen molar-refractivity contribution in [3.63, 3.8) is 0 Å². The Kier molecular flexibility index (Phi) is 7.32. The van der Waals surface area contributed by atoms with Crippen molar-refractivity contribution in [2.75, 3.05) is 4.90 Å². The highest BCUT2D eigenvalue weighted by molar-refractivity contribution is 6.51. The van der Waals surface area contributed by atoms with E-state index in [2.05, 4.69) is 4.74 Å². The molecule has 41 heavy (non-hydrogen) atoms. The van der Waals surface area contributed by atoms with E-state index in [9.17, 15) is 27.9 Å². The molecule has 0 aliphatic carbocycles. The number of aliphatic hydroxyl groups is 1. The molecule has 1 saturated heterocycles. The fraction of sp³-hybridized carbons (Fsp3) is 0.161. The minimum absolute atomic E-state index is 0.112. The van der Waals surface area contributed by atoms with Crippen LogP contribution in [0.4, 0.5) is 18.9 Å². The first-order valence-electron chi connectivity index (χ1n) is 12.5. The Balaban J connectivity index is 1.51. The van der Waals surface area contributed by atoms with Gasteiger partial charge in [-0.1, -0.05) is 30.3 Å². The number of hydrogen-bond donors (Lipinski definition) is 1. The van der Waals surface area contributed by atoms with Gasteiger partial charge in [-0.3, -0.25) is 14.5 Å². The van der Waals surface area contributed by atoms with Gasteiger partial charge in [0.1, 0.15) is 41.4 Å². The summed E-state index contributed by atoms with van der Waals surface area (Å²) in [7, 11) is 0. The van der Waals surface area contributed by atoms with Crippen molar-refractivity contribution in [1.29, 1.82) is 0 Å². The Bertz CT molecular complexity index is 1620. The molecule has 1 fully saturated rings. The third-order valence-electron chi connectivity index (χ3n) is 6.51. The number of ketones is 1. The molecule has 1 amide bonds. The highest BCUT2D eigenvalue weighted by atomic mass is 19.4. The predicted molar refractivity (Wildman–Crippen MR) is 143 cm³/mol. The Hall–Kier alpha value is -4.99. The average molecular weight is 564 g/mol. The van der Waals surface area contributed by atoms with Gasteiger partial charge in [0.25, 0.3) is 11.7 Å². The van der Waals surface area contributed by atoms with Crippen molar-refractivity contribution in [2.24, 2.45) is 0 Å². The molecule has 10 heteroatoms. The van der Waals surface area contributed by atoms with Crippen LogP contribution in [-0.2, 0) is 16.2 Å². The number of furan rings is 1. The van der Waals surface area contributed by atoms with Crippen LogP contribution < -0.4 is 14.4 Å². The molecular weight excluding hydrogens is 539 g/mol. The topological polar surface area (TPSA) is 89.2 Å². The van der Waals surface area contributed by atoms with E-state index in [0.717, 1.165) is 22.6 Å². The molecule has 1 aliphatic rings. The highest BCUT2D eigenvalue weighted by Gasteiger charge is 2.48. The van der Waals surface area contributed by atoms with Gasteiger partial charge < -0.3 is 19.0 Å². The second-order valence-electron chi connectivity index (χ2n) is 9.41. The maximum atomic E-state index is 13.3. The van der Waals surface area contributed by atoms with Gasteiger partial charge in [-0.2, -0.15) is 0 Å². The van der Waals surface area contributed by atoms with Gasteiger partial charge in [-0.25, -0.2) is 0 Å². The lowest BCUT2D eigenvalue weighted by atomic mass is 9.98. The van der Waals surface area contributed by atoms with Crippen molar-refractivity contribution < 1.29 is 41.8 Å². The lowest BCUT2D eigenvalue weighted by Gasteiger charge is -2.23. The molecule has 1 atom stereocenters. The number of Topliss-reactive ketones (excluding diaryl/α,β-unsaturated/α-hetero) is 1. The predicted octanol–water partition coefficient (Wildman–Crippen LogP) is 7.00. The largest absolute Gasteiger partial charge is 0.573 e. The van der Waals surface area contributed by atoms with Crippen molar-refractivity contribution in [3.8, 4) is 11.5 Å². The number of carbonyl (C=O) groups is 2. The number of carbonyl (C=O) groups excluding carboxylic acids is 2. The maximum Gasteiger partial charge on any atom is 0.573 e. The van der Waals surface area contributed by atoms with Crippen molar-refractivity contribution in [3.05, 3.63) is 119 Å². The second-order valence-corrected chi connectivity index (χ2v) is 9.41. The third-order valence-corrected chi connectivity index (χ3v) is 6.51. The molecule has 0 bridgehead atoms. The van der Waals surface area contributed by atoms with Crippen LogP contribution in [-0.4, -0.2) is 23.2 Å². The zero-order chi connectivity index (χ0) is 29.3. The number of ether oxygens (including phenoxy) is 2. The van der Waals surface area contributed by atoms with E-state index in [1.54, 1.807) is 44.2 Å². The van der Waals surface area contributed by atoms with Crippen LogP contribution in [0.25, 0.3) is 5.76 Å². The summed E-state index contributed by atoms with van der Waals surface area (Å²) in [6.45, 7) is 3.80. The van der Waals surface area contributed by atoms with Crippen molar-refractivity contribution in [1.82, 2.24) is 0 Å². The molecule has 1 N–H and O–H groups in total. The lowest BCUT2D eigenvalue weighted by Crippen LogP contribution is -2.29. The zero-order valence-electron chi connectivity index (χ0n) is 21.9. The van der Waals surface area contributed by atoms with E-state index in [1.807, 2.05) is 30.3 Å². The molecule has 3 aromatic carbocycles. The van der Waals surface area contributed by atoms with E-state index in [-0.39, 0.29) is 22.6 Å². The molecule has 1 aromatic heterocycles. The molecule has 0 radical (unpaired) electrons. The number of halogens is 3. The van der Waals surface area contributed by atoms with Gasteiger partial charge in [0.05, 0.1) is 5.57 Å². The van der Waals surface area contributed by atoms with E-state index in [1.165, 1.54) is 12.1 Å². The standard InChI is InChI=1S/C31H24F3NO6/c1-18-16-21(9-15-24(18)39-17-20-6-4-3-5-7-20)28(36)26-27(25-14-8-19(2)40-25)35(30(38)29(26)37)22-10-12-23(13-11-22)41-31(32,33)34/h3-16,27,36H,17H2,1-2H3/b28-26-. The second kappa shape index (κ2) is 10.9. The summed E-state index contributed by atoms with van der Waals surface area (Å²) in [5, 5.41) is 11.4. The summed E-state index contributed by atoms with van der Waals surface area (Å²) in [6.07, 6.45) is -4.89. The molecule has 0 spiro atoms. The summed E-state index contributed by atoms with van der Waals surface area (Å²) in [4.78, 5) is 27.6. The molecule has 1 unspecified atom stereocenters. The van der Waals surface area contributed by atoms with Crippen molar-refractivity contribution in [2.45, 2.75) is 32.9 Å². The molecular formula is C31H24F3NO6. The molecule has 210 valence electrons. The number of amides is 1. The number of hydrogen-bond acceptors (Lipinski definition) is 6. The van der Waals surface area contributed by atoms with Gasteiger partial charge in [0, 0.05) is 11.3 Å². The summed E-state index contributed by atoms with van der Waals surface area (Å²) in [5.74, 6) is -1.61. The fourth-order valence-corrected chi connectivity index (χ4v) is 4.63. The fourth-order valence-electron chi connectivity index (χ4n) is 4.63. The minimum Gasteiger partial charge on any atom is -0.507 e. The van der Waals surface area contributed by atoms with Gasteiger partial charge in [0.15, 0.2) is 0 Å². The van der Waals surface area contributed by atoms with Crippen LogP contribution in [0.1, 0.15) is 34.3 Å². The van der Waals surface area contributed by atoms with Crippen LogP contribution in [0.3, 0.4) is 0 Å². The number of benzene rings is 3. The monoisotopic (exact) mass is 563 g/mol. The van der Waals surface area contributed by atoms with Gasteiger partial charge in [-0.05, 0) is 79.6 Å². The number of aliphatic hydroxyl groups excluding tert-OH is 1. The molecule has 1 aliphatic heterocycles. The number of nitrogens with zero attached hydrogens (tertiary/aromatic N) is 1. The molecule has 2 heterocycles. The Labute approximate surface area is 233 Å². The van der Waals surface area contributed by atoms with Crippen LogP contribution >= 0.6 is 0 Å². The number of aryl methyl sites for hydroxylation is 2. The smallest absolute Gasteiger partial charge is 0.507 e. The first-order valence-corrected chi connectivity index (χ1v) is 12.5. The summed E-state index contributed by atoms with van der Waals surface area (Å²) in [6, 6.07) is 21.0. The van der Waals surface area contributed by atoms with Crippen LogP contribution in [0.5, 0.6) is 11.5 Å². The summed E-state index contributed by atoms with van der Waals surface area (Å²) >= 11 is 0. The van der Waals surface area contributed by atoms with E-state index in [0.29, 0.717) is 23.7 Å². The number of anilines is 1. The van der Waals surface area contributed by atoms with E-state index >= 15 is 0 Å². The first kappa shape index (κ1) is 27.6. The highest BCUT2D eigenvalue weighted by Crippen LogP contribution is 2.43. The number of alkyl halides is 3. The van der Waals surface area contributed by atoms with Gasteiger partial charge >= 0.3 is 6.36 Å². The normalized spacial score (nSPS) is 16.7. The van der Waals surface area contributed by atoms with Gasteiger partial charge in [-0.15, -0.1) is 13.2 Å². The first-order chi connectivity index (χ1) is 19.5. The Morgan fingerprint density at radius 1 is 0.951 bits per heavy atom. The van der Waals surface area contributed by atoms with Gasteiger partial charge in [0.2, 0.25) is 0 Å². The molecule has 5 rings (SSSR count). The summed E-state index contributed by atoms with van der Waals surface area (Å²) < 4.78 is 53.5. The Morgan fingerprint density at radius 2 is 1.66 bits per heavy atom. The molecule has 0 saturated carbocycles. The summed E-state index contributed by atoms with van der Waals surface area (Å²) in [5.41, 5.74) is 1.82. The van der Waals surface area contributed by atoms with Crippen LogP contribution in [0, 0.1) is 13.8 Å². The zero-order valence-corrected chi connectivity index (χ0v) is 21.9. The van der Waals surface area contributed by atoms with Crippen LogP contribution in [0.2, 0.25) is 0 Å². The molecule has 7 nitrogen and oxygen atoms in total. The van der Waals surface area contributed by atoms with E-state index < -0.39 is 35.6 Å². The SMILES string of the molecule is Cc1ccc(C2/C(=C(/O)c3ccc(OCc4ccccc4)c(C)c3)C(=O)C(=O)N2c2ccc(OC(F)(F)F)cc2)o1. The maximum absolute atomic E-state index is 13.3. The van der Waals surface area contributed by atoms with Crippen molar-refractivity contribution >= 4 is 23.1 Å². The minimum atomic E-state index is -4.89.